The predicted molar refractivity (Wildman–Crippen MR) is 94.7 cm³/mol. The fourth-order valence-corrected chi connectivity index (χ4v) is 3.04. The van der Waals surface area contributed by atoms with E-state index in [2.05, 4.69) is 50.5 Å². The third kappa shape index (κ3) is 4.42. The van der Waals surface area contributed by atoms with Crippen molar-refractivity contribution in [3.63, 3.8) is 0 Å². The SMILES string of the molecule is CN(C)c1cc(NC2CCCN(Cc3ccccc3)C2)ncn1. The molecule has 1 fully saturated rings. The Morgan fingerprint density at radius 3 is 2.83 bits per heavy atom. The molecule has 1 aliphatic heterocycles. The molecule has 1 atom stereocenters. The van der Waals surface area contributed by atoms with Gasteiger partial charge in [-0.2, -0.15) is 0 Å². The van der Waals surface area contributed by atoms with E-state index in [4.69, 9.17) is 0 Å². The summed E-state index contributed by atoms with van der Waals surface area (Å²) in [4.78, 5) is 13.1. The van der Waals surface area contributed by atoms with Crippen LogP contribution in [0.4, 0.5) is 11.6 Å². The second-order valence-electron chi connectivity index (χ2n) is 6.36. The zero-order valence-electron chi connectivity index (χ0n) is 13.9. The van der Waals surface area contributed by atoms with Crippen LogP contribution in [0.2, 0.25) is 0 Å². The summed E-state index contributed by atoms with van der Waals surface area (Å²) in [5.74, 6) is 1.84. The molecular weight excluding hydrogens is 286 g/mol. The Labute approximate surface area is 138 Å². The maximum atomic E-state index is 4.36. The first kappa shape index (κ1) is 15.7. The van der Waals surface area contributed by atoms with Crippen molar-refractivity contribution in [1.82, 2.24) is 14.9 Å². The van der Waals surface area contributed by atoms with Gasteiger partial charge in [-0.1, -0.05) is 30.3 Å². The minimum absolute atomic E-state index is 0.442. The summed E-state index contributed by atoms with van der Waals surface area (Å²) in [6.45, 7) is 3.24. The molecule has 1 aromatic heterocycles. The Bertz CT molecular complexity index is 614. The lowest BCUT2D eigenvalue weighted by Gasteiger charge is -2.33. The molecule has 1 N–H and O–H groups in total. The average molecular weight is 311 g/mol. The highest BCUT2D eigenvalue weighted by atomic mass is 15.2. The number of piperidine rings is 1. The number of aromatic nitrogens is 2. The Hall–Kier alpha value is -2.14. The summed E-state index contributed by atoms with van der Waals surface area (Å²) in [6.07, 6.45) is 4.03. The summed E-state index contributed by atoms with van der Waals surface area (Å²) in [6, 6.07) is 13.1. The van der Waals surface area contributed by atoms with Gasteiger partial charge in [0.05, 0.1) is 0 Å². The van der Waals surface area contributed by atoms with Gasteiger partial charge >= 0.3 is 0 Å². The van der Waals surface area contributed by atoms with Crippen molar-refractivity contribution in [2.75, 3.05) is 37.4 Å². The van der Waals surface area contributed by atoms with Gasteiger partial charge in [0, 0.05) is 39.3 Å². The molecule has 5 nitrogen and oxygen atoms in total. The molecule has 3 rings (SSSR count). The topological polar surface area (TPSA) is 44.3 Å². The van der Waals surface area contributed by atoms with Crippen LogP contribution in [0, 0.1) is 0 Å². The molecule has 2 heterocycles. The molecule has 122 valence electrons. The highest BCUT2D eigenvalue weighted by Crippen LogP contribution is 2.18. The van der Waals surface area contributed by atoms with Crippen molar-refractivity contribution in [2.24, 2.45) is 0 Å². The summed E-state index contributed by atoms with van der Waals surface area (Å²) in [5, 5.41) is 3.57. The van der Waals surface area contributed by atoms with Crippen LogP contribution in [0.3, 0.4) is 0 Å². The minimum Gasteiger partial charge on any atom is -0.366 e. The van der Waals surface area contributed by atoms with Crippen LogP contribution >= 0.6 is 0 Å². The van der Waals surface area contributed by atoms with Crippen molar-refractivity contribution < 1.29 is 0 Å². The zero-order chi connectivity index (χ0) is 16.1. The number of hydrogen-bond acceptors (Lipinski definition) is 5. The standard InChI is InChI=1S/C18H25N5/c1-22(2)18-11-17(19-14-20-18)21-16-9-6-10-23(13-16)12-15-7-4-3-5-8-15/h3-5,7-8,11,14,16H,6,9-10,12-13H2,1-2H3,(H,19,20,21). The quantitative estimate of drug-likeness (QED) is 0.919. The van der Waals surface area contributed by atoms with Crippen LogP contribution in [-0.2, 0) is 6.54 Å². The lowest BCUT2D eigenvalue weighted by atomic mass is 10.0. The Morgan fingerprint density at radius 2 is 2.04 bits per heavy atom. The number of nitrogens with zero attached hydrogens (tertiary/aromatic N) is 4. The fourth-order valence-electron chi connectivity index (χ4n) is 3.04. The van der Waals surface area contributed by atoms with Crippen molar-refractivity contribution in [1.29, 1.82) is 0 Å². The zero-order valence-corrected chi connectivity index (χ0v) is 13.9. The van der Waals surface area contributed by atoms with Gasteiger partial charge in [0.2, 0.25) is 0 Å². The summed E-state index contributed by atoms with van der Waals surface area (Å²) in [5.41, 5.74) is 1.38. The van der Waals surface area contributed by atoms with E-state index in [0.29, 0.717) is 6.04 Å². The van der Waals surface area contributed by atoms with Gasteiger partial charge in [0.15, 0.2) is 0 Å². The van der Waals surface area contributed by atoms with Gasteiger partial charge in [-0.15, -0.1) is 0 Å². The van der Waals surface area contributed by atoms with Crippen LogP contribution in [0.15, 0.2) is 42.7 Å². The van der Waals surface area contributed by atoms with E-state index in [9.17, 15) is 0 Å². The number of nitrogens with one attached hydrogen (secondary N) is 1. The van der Waals surface area contributed by atoms with E-state index >= 15 is 0 Å². The van der Waals surface area contributed by atoms with Gasteiger partial charge in [0.1, 0.15) is 18.0 Å². The normalized spacial score (nSPS) is 18.6. The molecule has 1 aromatic carbocycles. The highest BCUT2D eigenvalue weighted by molar-refractivity contribution is 5.47. The van der Waals surface area contributed by atoms with E-state index in [1.54, 1.807) is 6.33 Å². The van der Waals surface area contributed by atoms with Crippen LogP contribution < -0.4 is 10.2 Å². The molecule has 0 saturated carbocycles. The molecule has 2 aromatic rings. The highest BCUT2D eigenvalue weighted by Gasteiger charge is 2.20. The van der Waals surface area contributed by atoms with Crippen molar-refractivity contribution in [2.45, 2.75) is 25.4 Å². The number of anilines is 2. The molecular formula is C18H25N5. The summed E-state index contributed by atoms with van der Waals surface area (Å²) in [7, 11) is 3.99. The fraction of sp³-hybridized carbons (Fsp3) is 0.444. The number of hydrogen-bond donors (Lipinski definition) is 1. The lowest BCUT2D eigenvalue weighted by Crippen LogP contribution is -2.41. The van der Waals surface area contributed by atoms with Crippen LogP contribution in [0.1, 0.15) is 18.4 Å². The van der Waals surface area contributed by atoms with Crippen molar-refractivity contribution in [3.05, 3.63) is 48.3 Å². The third-order valence-corrected chi connectivity index (χ3v) is 4.22. The molecule has 5 heteroatoms. The van der Waals surface area contributed by atoms with Crippen LogP contribution in [0.25, 0.3) is 0 Å². The van der Waals surface area contributed by atoms with Gasteiger partial charge < -0.3 is 10.2 Å². The average Bonchev–Trinajstić information content (AvgIpc) is 2.56. The molecule has 1 unspecified atom stereocenters. The Kier molecular flexibility index (Phi) is 5.08. The van der Waals surface area contributed by atoms with Crippen molar-refractivity contribution >= 4 is 11.6 Å². The minimum atomic E-state index is 0.442. The van der Waals surface area contributed by atoms with Gasteiger partial charge in [-0.05, 0) is 24.9 Å². The molecule has 0 aliphatic carbocycles. The van der Waals surface area contributed by atoms with Crippen molar-refractivity contribution in [3.8, 4) is 0 Å². The molecule has 0 bridgehead atoms. The second-order valence-corrected chi connectivity index (χ2v) is 6.36. The number of benzene rings is 1. The molecule has 0 spiro atoms. The molecule has 0 amide bonds. The molecule has 1 aliphatic rings. The van der Waals surface area contributed by atoms with Crippen LogP contribution in [-0.4, -0.2) is 48.1 Å². The Morgan fingerprint density at radius 1 is 1.22 bits per heavy atom. The van der Waals surface area contributed by atoms with Gasteiger partial charge in [-0.3, -0.25) is 4.90 Å². The van der Waals surface area contributed by atoms with Crippen LogP contribution in [0.5, 0.6) is 0 Å². The first-order valence-corrected chi connectivity index (χ1v) is 8.23. The maximum Gasteiger partial charge on any atom is 0.133 e. The van der Waals surface area contributed by atoms with Gasteiger partial charge in [0.25, 0.3) is 0 Å². The maximum absolute atomic E-state index is 4.36. The van der Waals surface area contributed by atoms with E-state index in [1.165, 1.54) is 24.9 Å². The smallest absolute Gasteiger partial charge is 0.133 e. The predicted octanol–water partition coefficient (Wildman–Crippen LogP) is 2.62. The van der Waals surface area contributed by atoms with Gasteiger partial charge in [-0.25, -0.2) is 9.97 Å². The first-order valence-electron chi connectivity index (χ1n) is 8.23. The van der Waals surface area contributed by atoms with E-state index in [0.717, 1.165) is 24.7 Å². The summed E-state index contributed by atoms with van der Waals surface area (Å²) >= 11 is 0. The monoisotopic (exact) mass is 311 g/mol. The van der Waals surface area contributed by atoms with E-state index < -0.39 is 0 Å². The molecule has 1 saturated heterocycles. The summed E-state index contributed by atoms with van der Waals surface area (Å²) < 4.78 is 0. The number of rotatable bonds is 5. The van der Waals surface area contributed by atoms with E-state index in [1.807, 2.05) is 25.1 Å². The molecule has 0 radical (unpaired) electrons. The largest absolute Gasteiger partial charge is 0.366 e. The lowest BCUT2D eigenvalue weighted by molar-refractivity contribution is 0.208. The molecule has 23 heavy (non-hydrogen) atoms. The first-order chi connectivity index (χ1) is 11.2. The second kappa shape index (κ2) is 7.42. The van der Waals surface area contributed by atoms with E-state index in [-0.39, 0.29) is 0 Å². The number of likely N-dealkylation sites (tertiary alicyclic amines) is 1. The Balaban J connectivity index is 1.59. The third-order valence-electron chi connectivity index (χ3n) is 4.22.